The van der Waals surface area contributed by atoms with Gasteiger partial charge < -0.3 is 14.7 Å². The Bertz CT molecular complexity index is 1350. The van der Waals surface area contributed by atoms with Gasteiger partial charge in [-0.15, -0.1) is 0 Å². The monoisotopic (exact) mass is 501 g/mol. The van der Waals surface area contributed by atoms with Crippen molar-refractivity contribution >= 4 is 23.1 Å². The third-order valence-electron chi connectivity index (χ3n) is 6.25. The van der Waals surface area contributed by atoms with Crippen LogP contribution < -0.4 is 4.74 Å². The van der Waals surface area contributed by atoms with E-state index in [4.69, 9.17) is 4.74 Å². The van der Waals surface area contributed by atoms with Crippen LogP contribution >= 0.6 is 0 Å². The van der Waals surface area contributed by atoms with E-state index in [2.05, 4.69) is 11.9 Å². The van der Waals surface area contributed by atoms with Gasteiger partial charge in [0.1, 0.15) is 11.5 Å². The van der Waals surface area contributed by atoms with E-state index in [0.29, 0.717) is 34.6 Å². The molecular formula is C28H27N3O6. The molecular weight excluding hydrogens is 474 g/mol. The van der Waals surface area contributed by atoms with E-state index in [-0.39, 0.29) is 23.6 Å². The summed E-state index contributed by atoms with van der Waals surface area (Å²) in [6.07, 6.45) is 5.10. The Morgan fingerprint density at radius 3 is 2.54 bits per heavy atom. The maximum atomic E-state index is 13.3. The van der Waals surface area contributed by atoms with Crippen LogP contribution in [0.25, 0.3) is 5.76 Å². The summed E-state index contributed by atoms with van der Waals surface area (Å²) < 4.78 is 5.74. The smallest absolute Gasteiger partial charge is 0.295 e. The van der Waals surface area contributed by atoms with Gasteiger partial charge in [-0.25, -0.2) is 0 Å². The van der Waals surface area contributed by atoms with E-state index in [0.717, 1.165) is 12.8 Å². The molecule has 1 amide bonds. The van der Waals surface area contributed by atoms with Crippen molar-refractivity contribution in [2.45, 2.75) is 39.3 Å². The number of pyridine rings is 1. The number of likely N-dealkylation sites (tertiary alicyclic amines) is 1. The summed E-state index contributed by atoms with van der Waals surface area (Å²) in [6.45, 7) is 4.50. The van der Waals surface area contributed by atoms with Crippen LogP contribution in [-0.2, 0) is 16.1 Å². The third-order valence-corrected chi connectivity index (χ3v) is 6.25. The summed E-state index contributed by atoms with van der Waals surface area (Å²) in [4.78, 5) is 42.5. The molecule has 2 heterocycles. The predicted molar refractivity (Wildman–Crippen MR) is 137 cm³/mol. The fourth-order valence-corrected chi connectivity index (χ4v) is 4.33. The average Bonchev–Trinajstić information content (AvgIpc) is 3.14. The SMILES string of the molecule is CCCCOc1ccc(/C(O)=C2\C(=O)C(=O)N(Cc3cccnc3)[C@H]2c2ccc([N+](=O)[O-])cc2)c(C)c1. The van der Waals surface area contributed by atoms with Crippen LogP contribution in [0.3, 0.4) is 0 Å². The molecule has 1 fully saturated rings. The number of aromatic nitrogens is 1. The first-order valence-corrected chi connectivity index (χ1v) is 12.0. The molecule has 1 atom stereocenters. The molecule has 9 nitrogen and oxygen atoms in total. The lowest BCUT2D eigenvalue weighted by molar-refractivity contribution is -0.384. The maximum absolute atomic E-state index is 13.3. The lowest BCUT2D eigenvalue weighted by atomic mass is 9.93. The highest BCUT2D eigenvalue weighted by molar-refractivity contribution is 6.46. The van der Waals surface area contributed by atoms with Gasteiger partial charge in [-0.3, -0.25) is 24.7 Å². The second-order valence-electron chi connectivity index (χ2n) is 8.82. The van der Waals surface area contributed by atoms with Crippen LogP contribution in [0.1, 0.15) is 48.1 Å². The van der Waals surface area contributed by atoms with E-state index in [1.54, 1.807) is 49.6 Å². The van der Waals surface area contributed by atoms with Crippen LogP contribution in [0.5, 0.6) is 5.75 Å². The first-order valence-electron chi connectivity index (χ1n) is 12.0. The normalized spacial score (nSPS) is 16.7. The molecule has 3 aromatic rings. The second kappa shape index (κ2) is 11.0. The number of amides is 1. The highest BCUT2D eigenvalue weighted by atomic mass is 16.6. The van der Waals surface area contributed by atoms with Crippen LogP contribution in [0, 0.1) is 17.0 Å². The Morgan fingerprint density at radius 1 is 1.16 bits per heavy atom. The number of aliphatic hydroxyl groups is 1. The summed E-state index contributed by atoms with van der Waals surface area (Å²) in [5, 5.41) is 22.5. The minimum atomic E-state index is -0.944. The fraction of sp³-hybridized carbons (Fsp3) is 0.250. The lowest BCUT2D eigenvalue weighted by Gasteiger charge is -2.25. The van der Waals surface area contributed by atoms with E-state index in [9.17, 15) is 24.8 Å². The first-order chi connectivity index (χ1) is 17.8. The molecule has 1 aliphatic rings. The number of nitro groups is 1. The summed E-state index contributed by atoms with van der Waals surface area (Å²) in [7, 11) is 0. The molecule has 0 saturated carbocycles. The molecule has 1 N–H and O–H groups in total. The van der Waals surface area contributed by atoms with Crippen molar-refractivity contribution in [2.75, 3.05) is 6.61 Å². The Hall–Kier alpha value is -4.53. The third kappa shape index (κ3) is 5.35. The number of hydrogen-bond donors (Lipinski definition) is 1. The van der Waals surface area contributed by atoms with Gasteiger partial charge in [0.05, 0.1) is 23.1 Å². The van der Waals surface area contributed by atoms with Gasteiger partial charge in [0, 0.05) is 36.6 Å². The Labute approximate surface area is 214 Å². The molecule has 1 aromatic heterocycles. The Morgan fingerprint density at radius 2 is 1.92 bits per heavy atom. The number of non-ortho nitro benzene ring substituents is 1. The highest BCUT2D eigenvalue weighted by Crippen LogP contribution is 2.41. The number of rotatable bonds is 9. The van der Waals surface area contributed by atoms with E-state index < -0.39 is 22.7 Å². The van der Waals surface area contributed by atoms with Crippen LogP contribution in [0.2, 0.25) is 0 Å². The van der Waals surface area contributed by atoms with Gasteiger partial charge in [0.25, 0.3) is 17.4 Å². The Kier molecular flexibility index (Phi) is 7.62. The zero-order valence-electron chi connectivity index (χ0n) is 20.6. The maximum Gasteiger partial charge on any atom is 0.295 e. The number of Topliss-reactive ketones (excluding diaryl/α,β-unsaturated/α-hetero) is 1. The van der Waals surface area contributed by atoms with Gasteiger partial charge in [-0.1, -0.05) is 19.4 Å². The topological polar surface area (TPSA) is 123 Å². The molecule has 2 aromatic carbocycles. The number of aliphatic hydroxyl groups excluding tert-OH is 1. The molecule has 4 rings (SSSR count). The largest absolute Gasteiger partial charge is 0.507 e. The van der Waals surface area contributed by atoms with Gasteiger partial charge >= 0.3 is 0 Å². The fourth-order valence-electron chi connectivity index (χ4n) is 4.33. The summed E-state index contributed by atoms with van der Waals surface area (Å²) >= 11 is 0. The number of nitrogens with zero attached hydrogens (tertiary/aromatic N) is 3. The number of ketones is 1. The number of unbranched alkanes of at least 4 members (excludes halogenated alkanes) is 1. The number of hydrogen-bond acceptors (Lipinski definition) is 7. The minimum Gasteiger partial charge on any atom is -0.507 e. The molecule has 1 saturated heterocycles. The van der Waals surface area contributed by atoms with Gasteiger partial charge in [-0.2, -0.15) is 0 Å². The molecule has 0 radical (unpaired) electrons. The number of nitro benzene ring substituents is 1. The second-order valence-corrected chi connectivity index (χ2v) is 8.82. The zero-order chi connectivity index (χ0) is 26.5. The van der Waals surface area contributed by atoms with Crippen LogP contribution in [0.4, 0.5) is 5.69 Å². The molecule has 190 valence electrons. The van der Waals surface area contributed by atoms with Gasteiger partial charge in [0.2, 0.25) is 0 Å². The van der Waals surface area contributed by atoms with Crippen molar-refractivity contribution in [2.24, 2.45) is 0 Å². The van der Waals surface area contributed by atoms with Gasteiger partial charge in [-0.05, 0) is 66.4 Å². The van der Waals surface area contributed by atoms with Crippen LogP contribution in [0.15, 0.2) is 72.6 Å². The summed E-state index contributed by atoms with van der Waals surface area (Å²) in [5.74, 6) is -1.27. The number of benzene rings is 2. The van der Waals surface area contributed by atoms with E-state index in [1.165, 1.54) is 29.2 Å². The van der Waals surface area contributed by atoms with Crippen molar-refractivity contribution in [3.63, 3.8) is 0 Å². The average molecular weight is 502 g/mol. The lowest BCUT2D eigenvalue weighted by Crippen LogP contribution is -2.29. The number of aryl methyl sites for hydroxylation is 1. The minimum absolute atomic E-state index is 0.0695. The zero-order valence-corrected chi connectivity index (χ0v) is 20.6. The molecule has 0 bridgehead atoms. The number of carbonyl (C=O) groups excluding carboxylic acids is 2. The standard InChI is InChI=1S/C28H27N3O6/c1-3-4-14-37-22-11-12-23(18(2)15-22)26(32)24-25(20-7-9-21(10-8-20)31(35)36)30(28(34)27(24)33)17-19-6-5-13-29-16-19/h5-13,15-16,25,32H,3-4,14,17H2,1-2H3/b26-24+/t25-/m0/s1. The van der Waals surface area contributed by atoms with Crippen LogP contribution in [-0.4, -0.2) is 38.2 Å². The van der Waals surface area contributed by atoms with Crippen molar-refractivity contribution in [1.82, 2.24) is 9.88 Å². The van der Waals surface area contributed by atoms with Gasteiger partial charge in [0.15, 0.2) is 0 Å². The quantitative estimate of drug-likeness (QED) is 0.108. The number of carbonyl (C=O) groups is 2. The van der Waals surface area contributed by atoms with Crippen molar-refractivity contribution in [3.8, 4) is 5.75 Å². The Balaban J connectivity index is 1.79. The highest BCUT2D eigenvalue weighted by Gasteiger charge is 2.46. The first kappa shape index (κ1) is 25.6. The predicted octanol–water partition coefficient (Wildman–Crippen LogP) is 5.10. The molecule has 0 aliphatic carbocycles. The molecule has 37 heavy (non-hydrogen) atoms. The molecule has 9 heteroatoms. The molecule has 1 aliphatic heterocycles. The molecule has 0 spiro atoms. The summed E-state index contributed by atoms with van der Waals surface area (Å²) in [6, 6.07) is 13.3. The summed E-state index contributed by atoms with van der Waals surface area (Å²) in [5.41, 5.74) is 2.03. The number of ether oxygens (including phenoxy) is 1. The van der Waals surface area contributed by atoms with E-state index >= 15 is 0 Å². The van der Waals surface area contributed by atoms with E-state index in [1.807, 2.05) is 0 Å². The van der Waals surface area contributed by atoms with Crippen molar-refractivity contribution < 1.29 is 24.4 Å². The van der Waals surface area contributed by atoms with Crippen molar-refractivity contribution in [1.29, 1.82) is 0 Å². The van der Waals surface area contributed by atoms with Crippen molar-refractivity contribution in [3.05, 3.63) is 105 Å². The molecule has 0 unspecified atom stereocenters.